The number of piperidine rings is 1. The van der Waals surface area contributed by atoms with Crippen LogP contribution in [0.15, 0.2) is 54.9 Å². The summed E-state index contributed by atoms with van der Waals surface area (Å²) in [4.78, 5) is 21.5. The van der Waals surface area contributed by atoms with Crippen molar-refractivity contribution in [1.29, 1.82) is 0 Å². The van der Waals surface area contributed by atoms with Gasteiger partial charge in [0.15, 0.2) is 0 Å². The molecule has 1 aromatic carbocycles. The summed E-state index contributed by atoms with van der Waals surface area (Å²) in [6.45, 7) is 4.15. The Morgan fingerprint density at radius 1 is 0.970 bits per heavy atom. The van der Waals surface area contributed by atoms with Crippen molar-refractivity contribution >= 4 is 11.7 Å². The van der Waals surface area contributed by atoms with Gasteiger partial charge in [0.25, 0.3) is 5.91 Å². The van der Waals surface area contributed by atoms with Gasteiger partial charge in [0.05, 0.1) is 23.6 Å². The molecule has 0 aliphatic carbocycles. The highest BCUT2D eigenvalue weighted by Crippen LogP contribution is 2.41. The van der Waals surface area contributed by atoms with Crippen molar-refractivity contribution in [3.05, 3.63) is 71.7 Å². The van der Waals surface area contributed by atoms with Crippen LogP contribution in [0, 0.1) is 0 Å². The molecule has 5 heterocycles. The van der Waals surface area contributed by atoms with Crippen LogP contribution in [0.1, 0.15) is 47.3 Å². The van der Waals surface area contributed by atoms with Crippen molar-refractivity contribution in [2.75, 3.05) is 37.7 Å². The Labute approximate surface area is 194 Å². The van der Waals surface area contributed by atoms with Crippen LogP contribution in [0.3, 0.4) is 0 Å². The number of amides is 1. The number of likely N-dealkylation sites (tertiary alicyclic amines) is 1. The molecule has 2 aromatic heterocycles. The third-order valence-electron chi connectivity index (χ3n) is 7.28. The van der Waals surface area contributed by atoms with Crippen molar-refractivity contribution in [3.8, 4) is 5.69 Å². The van der Waals surface area contributed by atoms with Gasteiger partial charge in [0.2, 0.25) is 0 Å². The van der Waals surface area contributed by atoms with E-state index in [1.807, 2.05) is 39.9 Å². The van der Waals surface area contributed by atoms with Crippen LogP contribution < -0.4 is 4.90 Å². The molecule has 0 bridgehead atoms. The number of fused-ring (bicyclic) bond motifs is 2. The minimum absolute atomic E-state index is 0.0984. The van der Waals surface area contributed by atoms with E-state index in [2.05, 4.69) is 28.2 Å². The number of pyridine rings is 1. The molecule has 7 heteroatoms. The predicted molar refractivity (Wildman–Crippen MR) is 126 cm³/mol. The Balaban J connectivity index is 1.17. The SMILES string of the molecule is O=C(c1ccc(N2CCC3(CC2)OCCc2cn(-c4ccccc4)nc23)nc1)N1CCCC1. The minimum atomic E-state index is -0.324. The molecule has 3 aliphatic heterocycles. The molecule has 0 radical (unpaired) electrons. The van der Waals surface area contributed by atoms with E-state index < -0.39 is 0 Å². The molecule has 33 heavy (non-hydrogen) atoms. The maximum atomic E-state index is 12.6. The van der Waals surface area contributed by atoms with Gasteiger partial charge in [-0.05, 0) is 61.9 Å². The second-order valence-electron chi connectivity index (χ2n) is 9.27. The zero-order valence-electron chi connectivity index (χ0n) is 18.8. The lowest BCUT2D eigenvalue weighted by atomic mass is 9.84. The van der Waals surface area contributed by atoms with Crippen LogP contribution in [0.25, 0.3) is 5.69 Å². The van der Waals surface area contributed by atoms with Gasteiger partial charge in [-0.15, -0.1) is 0 Å². The summed E-state index contributed by atoms with van der Waals surface area (Å²) in [5.41, 5.74) is 3.82. The number of para-hydroxylation sites is 1. The predicted octanol–water partition coefficient (Wildman–Crippen LogP) is 3.57. The summed E-state index contributed by atoms with van der Waals surface area (Å²) in [6, 6.07) is 14.2. The second-order valence-corrected chi connectivity index (χ2v) is 9.27. The fourth-order valence-corrected chi connectivity index (χ4v) is 5.39. The quantitative estimate of drug-likeness (QED) is 0.619. The number of benzene rings is 1. The van der Waals surface area contributed by atoms with Gasteiger partial charge >= 0.3 is 0 Å². The molecule has 2 fully saturated rings. The highest BCUT2D eigenvalue weighted by Gasteiger charge is 2.43. The molecule has 0 atom stereocenters. The van der Waals surface area contributed by atoms with Crippen LogP contribution in [-0.4, -0.2) is 58.4 Å². The summed E-state index contributed by atoms with van der Waals surface area (Å²) in [7, 11) is 0. The third-order valence-corrected chi connectivity index (χ3v) is 7.28. The first-order valence-electron chi connectivity index (χ1n) is 12.0. The molecule has 3 aliphatic rings. The lowest BCUT2D eigenvalue weighted by Crippen LogP contribution is -2.47. The van der Waals surface area contributed by atoms with Crippen LogP contribution in [0.2, 0.25) is 0 Å². The monoisotopic (exact) mass is 443 g/mol. The zero-order valence-corrected chi connectivity index (χ0v) is 18.8. The van der Waals surface area contributed by atoms with Gasteiger partial charge in [-0.25, -0.2) is 9.67 Å². The first kappa shape index (κ1) is 20.4. The van der Waals surface area contributed by atoms with Crippen molar-refractivity contribution in [2.24, 2.45) is 0 Å². The number of carbonyl (C=O) groups is 1. The molecule has 0 N–H and O–H groups in total. The van der Waals surface area contributed by atoms with E-state index in [1.165, 1.54) is 5.56 Å². The second kappa shape index (κ2) is 8.30. The molecule has 1 spiro atoms. The highest BCUT2D eigenvalue weighted by molar-refractivity contribution is 5.94. The number of hydrogen-bond acceptors (Lipinski definition) is 5. The van der Waals surface area contributed by atoms with E-state index in [1.54, 1.807) is 6.20 Å². The molecule has 2 saturated heterocycles. The smallest absolute Gasteiger partial charge is 0.255 e. The average Bonchev–Trinajstić information content (AvgIpc) is 3.56. The molecule has 6 rings (SSSR count). The van der Waals surface area contributed by atoms with Gasteiger partial charge in [-0.3, -0.25) is 4.79 Å². The van der Waals surface area contributed by atoms with E-state index in [0.29, 0.717) is 5.56 Å². The maximum absolute atomic E-state index is 12.6. The molecule has 7 nitrogen and oxygen atoms in total. The first-order valence-corrected chi connectivity index (χ1v) is 12.0. The maximum Gasteiger partial charge on any atom is 0.255 e. The van der Waals surface area contributed by atoms with Gasteiger partial charge in [-0.2, -0.15) is 5.10 Å². The summed E-state index contributed by atoms with van der Waals surface area (Å²) < 4.78 is 8.39. The Bertz CT molecular complexity index is 1130. The molecule has 0 unspecified atom stereocenters. The standard InChI is InChI=1S/C26H29N5O2/c32-25(30-13-4-5-14-30)20-8-9-23(27-18-20)29-15-11-26(12-16-29)24-21(10-17-33-26)19-31(28-24)22-6-2-1-3-7-22/h1-3,6-9,18-19H,4-5,10-17H2. The number of anilines is 1. The lowest BCUT2D eigenvalue weighted by Gasteiger charge is -2.43. The number of ether oxygens (including phenoxy) is 1. The summed E-state index contributed by atoms with van der Waals surface area (Å²) in [5, 5.41) is 4.98. The van der Waals surface area contributed by atoms with Crippen LogP contribution in [-0.2, 0) is 16.8 Å². The lowest BCUT2D eigenvalue weighted by molar-refractivity contribution is -0.0797. The van der Waals surface area contributed by atoms with E-state index in [4.69, 9.17) is 9.84 Å². The number of aromatic nitrogens is 3. The normalized spacial score (nSPS) is 19.6. The Morgan fingerprint density at radius 3 is 2.48 bits per heavy atom. The fourth-order valence-electron chi connectivity index (χ4n) is 5.39. The number of nitrogens with zero attached hydrogens (tertiary/aromatic N) is 5. The average molecular weight is 444 g/mol. The topological polar surface area (TPSA) is 63.5 Å². The summed E-state index contributed by atoms with van der Waals surface area (Å²) in [5.74, 6) is 1.02. The van der Waals surface area contributed by atoms with Gasteiger partial charge in [-0.1, -0.05) is 18.2 Å². The molecular formula is C26H29N5O2. The van der Waals surface area contributed by atoms with Crippen LogP contribution in [0.5, 0.6) is 0 Å². The zero-order chi connectivity index (χ0) is 22.3. The number of carbonyl (C=O) groups excluding carboxylic acids is 1. The molecular weight excluding hydrogens is 414 g/mol. The van der Waals surface area contributed by atoms with E-state index in [-0.39, 0.29) is 11.5 Å². The minimum Gasteiger partial charge on any atom is -0.368 e. The van der Waals surface area contributed by atoms with E-state index in [9.17, 15) is 4.79 Å². The van der Waals surface area contributed by atoms with Gasteiger partial charge in [0, 0.05) is 38.6 Å². The molecule has 170 valence electrons. The fraction of sp³-hybridized carbons (Fsp3) is 0.423. The van der Waals surface area contributed by atoms with Crippen molar-refractivity contribution < 1.29 is 9.53 Å². The Kier molecular flexibility index (Phi) is 5.14. The van der Waals surface area contributed by atoms with Crippen molar-refractivity contribution in [1.82, 2.24) is 19.7 Å². The van der Waals surface area contributed by atoms with Crippen LogP contribution in [0.4, 0.5) is 5.82 Å². The van der Waals surface area contributed by atoms with Crippen molar-refractivity contribution in [2.45, 2.75) is 37.7 Å². The number of hydrogen-bond donors (Lipinski definition) is 0. The Hall–Kier alpha value is -3.19. The van der Waals surface area contributed by atoms with Crippen LogP contribution >= 0.6 is 0 Å². The van der Waals surface area contributed by atoms with E-state index >= 15 is 0 Å². The summed E-state index contributed by atoms with van der Waals surface area (Å²) >= 11 is 0. The largest absolute Gasteiger partial charge is 0.368 e. The first-order chi connectivity index (χ1) is 16.2. The van der Waals surface area contributed by atoms with E-state index in [0.717, 1.165) is 82.1 Å². The highest BCUT2D eigenvalue weighted by atomic mass is 16.5. The number of rotatable bonds is 3. The summed E-state index contributed by atoms with van der Waals surface area (Å²) in [6.07, 6.45) is 8.75. The van der Waals surface area contributed by atoms with Crippen molar-refractivity contribution in [3.63, 3.8) is 0 Å². The molecule has 0 saturated carbocycles. The molecule has 3 aromatic rings. The van der Waals surface area contributed by atoms with Gasteiger partial charge in [0.1, 0.15) is 11.4 Å². The van der Waals surface area contributed by atoms with Gasteiger partial charge < -0.3 is 14.5 Å². The molecule has 1 amide bonds. The third kappa shape index (κ3) is 3.70. The Morgan fingerprint density at radius 2 is 1.76 bits per heavy atom.